The third-order valence-electron chi connectivity index (χ3n) is 4.14. The molecule has 0 saturated heterocycles. The lowest BCUT2D eigenvalue weighted by Gasteiger charge is -2.34. The van der Waals surface area contributed by atoms with Crippen LogP contribution in [0.15, 0.2) is 24.3 Å². The first kappa shape index (κ1) is 15.5. The fourth-order valence-corrected chi connectivity index (χ4v) is 2.95. The van der Waals surface area contributed by atoms with E-state index in [1.54, 1.807) is 12.1 Å². The fraction of sp³-hybridized carbons (Fsp3) is 0.500. The number of hydrogen-bond acceptors (Lipinski definition) is 3. The van der Waals surface area contributed by atoms with Crippen molar-refractivity contribution in [1.29, 1.82) is 0 Å². The molecule has 0 heterocycles. The minimum atomic E-state index is -1.12. The van der Waals surface area contributed by atoms with Crippen molar-refractivity contribution in [2.75, 3.05) is 6.54 Å². The van der Waals surface area contributed by atoms with Crippen molar-refractivity contribution < 1.29 is 14.7 Å². The number of aliphatic carboxylic acids is 1. The van der Waals surface area contributed by atoms with Crippen molar-refractivity contribution in [3.8, 4) is 0 Å². The van der Waals surface area contributed by atoms with Crippen molar-refractivity contribution in [2.24, 2.45) is 5.73 Å². The van der Waals surface area contributed by atoms with Crippen molar-refractivity contribution in [2.45, 2.75) is 44.1 Å². The van der Waals surface area contributed by atoms with Crippen LogP contribution in [0.3, 0.4) is 0 Å². The summed E-state index contributed by atoms with van der Waals surface area (Å²) in [7, 11) is 0. The number of nitrogens with one attached hydrogen (secondary N) is 1. The number of carboxylic acids is 1. The third kappa shape index (κ3) is 3.42. The normalized spacial score (nSPS) is 17.2. The molecule has 4 N–H and O–H groups in total. The summed E-state index contributed by atoms with van der Waals surface area (Å²) in [6.07, 6.45) is 4.27. The topological polar surface area (TPSA) is 92.4 Å². The fourth-order valence-electron chi connectivity index (χ4n) is 2.95. The summed E-state index contributed by atoms with van der Waals surface area (Å²) in [5.41, 5.74) is 5.82. The first-order chi connectivity index (χ1) is 10.1. The molecule has 1 aliphatic rings. The smallest absolute Gasteiger partial charge is 0.329 e. The van der Waals surface area contributed by atoms with Crippen LogP contribution in [0.25, 0.3) is 0 Å². The summed E-state index contributed by atoms with van der Waals surface area (Å²) in [5.74, 6) is -1.25. The molecule has 5 nitrogen and oxygen atoms in total. The average Bonchev–Trinajstić information content (AvgIpc) is 2.49. The highest BCUT2D eigenvalue weighted by molar-refractivity contribution is 5.99. The molecule has 1 saturated carbocycles. The maximum Gasteiger partial charge on any atom is 0.329 e. The molecule has 1 aliphatic carbocycles. The second-order valence-corrected chi connectivity index (χ2v) is 5.60. The molecule has 1 amide bonds. The zero-order valence-electron chi connectivity index (χ0n) is 12.1. The van der Waals surface area contributed by atoms with Gasteiger partial charge in [-0.3, -0.25) is 4.79 Å². The molecule has 21 heavy (non-hydrogen) atoms. The maximum absolute atomic E-state index is 12.5. The van der Waals surface area contributed by atoms with Crippen LogP contribution in [-0.2, 0) is 11.2 Å². The number of rotatable bonds is 5. The third-order valence-corrected chi connectivity index (χ3v) is 4.14. The van der Waals surface area contributed by atoms with E-state index in [9.17, 15) is 14.7 Å². The van der Waals surface area contributed by atoms with E-state index in [1.807, 2.05) is 12.1 Å². The predicted molar refractivity (Wildman–Crippen MR) is 80.1 cm³/mol. The molecule has 0 aliphatic heterocycles. The van der Waals surface area contributed by atoms with Gasteiger partial charge in [0, 0.05) is 5.56 Å². The van der Waals surface area contributed by atoms with Gasteiger partial charge < -0.3 is 16.2 Å². The van der Waals surface area contributed by atoms with Crippen LogP contribution >= 0.6 is 0 Å². The van der Waals surface area contributed by atoms with E-state index in [2.05, 4.69) is 5.32 Å². The zero-order valence-corrected chi connectivity index (χ0v) is 12.1. The lowest BCUT2D eigenvalue weighted by molar-refractivity contribution is -0.145. The molecule has 1 fully saturated rings. The Morgan fingerprint density at radius 2 is 1.86 bits per heavy atom. The highest BCUT2D eigenvalue weighted by atomic mass is 16.4. The average molecular weight is 290 g/mol. The van der Waals surface area contributed by atoms with Gasteiger partial charge in [-0.1, -0.05) is 37.5 Å². The SMILES string of the molecule is NCCc1ccccc1C(=O)NC1(C(=O)O)CCCCC1. The molecule has 0 spiro atoms. The number of benzene rings is 1. The van der Waals surface area contributed by atoms with E-state index in [0.29, 0.717) is 31.4 Å². The van der Waals surface area contributed by atoms with E-state index in [0.717, 1.165) is 24.8 Å². The van der Waals surface area contributed by atoms with Crippen LogP contribution in [0, 0.1) is 0 Å². The van der Waals surface area contributed by atoms with E-state index in [1.165, 1.54) is 0 Å². The standard InChI is InChI=1S/C16H22N2O3/c17-11-8-12-6-2-3-7-13(12)14(19)18-16(15(20)21)9-4-1-5-10-16/h2-3,6-7H,1,4-5,8-11,17H2,(H,18,19)(H,20,21). The van der Waals surface area contributed by atoms with Gasteiger partial charge in [0.2, 0.25) is 0 Å². The number of hydrogen-bond donors (Lipinski definition) is 3. The molecule has 0 unspecified atom stereocenters. The molecule has 114 valence electrons. The van der Waals surface area contributed by atoms with Gasteiger partial charge in [0.1, 0.15) is 5.54 Å². The van der Waals surface area contributed by atoms with Crippen molar-refractivity contribution in [1.82, 2.24) is 5.32 Å². The maximum atomic E-state index is 12.5. The van der Waals surface area contributed by atoms with Gasteiger partial charge in [0.15, 0.2) is 0 Å². The summed E-state index contributed by atoms with van der Waals surface area (Å²) < 4.78 is 0. The van der Waals surface area contributed by atoms with Gasteiger partial charge in [0.05, 0.1) is 0 Å². The minimum Gasteiger partial charge on any atom is -0.480 e. The number of amides is 1. The van der Waals surface area contributed by atoms with Crippen LogP contribution < -0.4 is 11.1 Å². The Morgan fingerprint density at radius 3 is 2.48 bits per heavy atom. The zero-order chi connectivity index (χ0) is 15.3. The van der Waals surface area contributed by atoms with Crippen molar-refractivity contribution >= 4 is 11.9 Å². The number of nitrogens with two attached hydrogens (primary N) is 1. The molecule has 0 bridgehead atoms. The molecular weight excluding hydrogens is 268 g/mol. The van der Waals surface area contributed by atoms with Gasteiger partial charge >= 0.3 is 5.97 Å². The van der Waals surface area contributed by atoms with E-state index >= 15 is 0 Å². The van der Waals surface area contributed by atoms with E-state index < -0.39 is 11.5 Å². The van der Waals surface area contributed by atoms with Crippen LogP contribution in [0.4, 0.5) is 0 Å². The molecule has 0 atom stereocenters. The largest absolute Gasteiger partial charge is 0.480 e. The van der Waals surface area contributed by atoms with Crippen LogP contribution in [-0.4, -0.2) is 29.1 Å². The van der Waals surface area contributed by atoms with Gasteiger partial charge in [-0.05, 0) is 37.4 Å². The minimum absolute atomic E-state index is 0.316. The highest BCUT2D eigenvalue weighted by Gasteiger charge is 2.41. The Morgan fingerprint density at radius 1 is 1.19 bits per heavy atom. The summed E-state index contributed by atoms with van der Waals surface area (Å²) in [6, 6.07) is 7.22. The monoisotopic (exact) mass is 290 g/mol. The van der Waals surface area contributed by atoms with Crippen LogP contribution in [0.1, 0.15) is 48.0 Å². The lowest BCUT2D eigenvalue weighted by atomic mass is 9.81. The quantitative estimate of drug-likeness (QED) is 0.769. The molecule has 0 radical (unpaired) electrons. The van der Waals surface area contributed by atoms with Crippen molar-refractivity contribution in [3.05, 3.63) is 35.4 Å². The molecular formula is C16H22N2O3. The highest BCUT2D eigenvalue weighted by Crippen LogP contribution is 2.29. The second-order valence-electron chi connectivity index (χ2n) is 5.60. The summed E-state index contributed by atoms with van der Waals surface area (Å²) >= 11 is 0. The Hall–Kier alpha value is -1.88. The Labute approximate surface area is 124 Å². The number of carboxylic acid groups (broad SMARTS) is 1. The van der Waals surface area contributed by atoms with Crippen LogP contribution in [0.2, 0.25) is 0 Å². The van der Waals surface area contributed by atoms with E-state index in [-0.39, 0.29) is 5.91 Å². The lowest BCUT2D eigenvalue weighted by Crippen LogP contribution is -2.55. The van der Waals surface area contributed by atoms with Gasteiger partial charge in [-0.15, -0.1) is 0 Å². The van der Waals surface area contributed by atoms with E-state index in [4.69, 9.17) is 5.73 Å². The molecule has 5 heteroatoms. The number of carbonyl (C=O) groups is 2. The Kier molecular flexibility index (Phi) is 4.96. The summed E-state index contributed by atoms with van der Waals surface area (Å²) in [6.45, 7) is 0.453. The summed E-state index contributed by atoms with van der Waals surface area (Å²) in [5, 5.41) is 12.3. The molecule has 2 rings (SSSR count). The summed E-state index contributed by atoms with van der Waals surface area (Å²) in [4.78, 5) is 24.1. The van der Waals surface area contributed by atoms with Crippen molar-refractivity contribution in [3.63, 3.8) is 0 Å². The Bertz CT molecular complexity index is 522. The van der Waals surface area contributed by atoms with Crippen LogP contribution in [0.5, 0.6) is 0 Å². The molecule has 1 aromatic carbocycles. The number of carbonyl (C=O) groups excluding carboxylic acids is 1. The molecule has 0 aromatic heterocycles. The second kappa shape index (κ2) is 6.72. The van der Waals surface area contributed by atoms with Gasteiger partial charge in [0.25, 0.3) is 5.91 Å². The Balaban J connectivity index is 2.21. The molecule has 1 aromatic rings. The first-order valence-electron chi connectivity index (χ1n) is 7.43. The first-order valence-corrected chi connectivity index (χ1v) is 7.43. The van der Waals surface area contributed by atoms with Gasteiger partial charge in [-0.25, -0.2) is 4.79 Å². The van der Waals surface area contributed by atoms with Gasteiger partial charge in [-0.2, -0.15) is 0 Å². The predicted octanol–water partition coefficient (Wildman–Crippen LogP) is 1.71.